The van der Waals surface area contributed by atoms with E-state index in [9.17, 15) is 5.11 Å². The Kier molecular flexibility index (Phi) is 5.82. The third kappa shape index (κ3) is 4.46. The highest BCUT2D eigenvalue weighted by atomic mass is 16.3. The largest absolute Gasteiger partial charge is 0.508 e. The summed E-state index contributed by atoms with van der Waals surface area (Å²) in [5.41, 5.74) is 9.23. The number of aryl methyl sites for hydroxylation is 1. The average Bonchev–Trinajstić information content (AvgIpc) is 3.11. The molecule has 0 spiro atoms. The third-order valence-corrected chi connectivity index (χ3v) is 6.58. The monoisotopic (exact) mass is 436 g/mol. The van der Waals surface area contributed by atoms with Gasteiger partial charge in [0.25, 0.3) is 0 Å². The Balaban J connectivity index is 1.56. The lowest BCUT2D eigenvalue weighted by atomic mass is 9.99. The van der Waals surface area contributed by atoms with Gasteiger partial charge in [0.2, 0.25) is 0 Å². The molecule has 0 bridgehead atoms. The molecule has 3 heteroatoms. The molecular formula is C30H32N2O. The fourth-order valence-electron chi connectivity index (χ4n) is 4.88. The maximum Gasteiger partial charge on any atom is 0.115 e. The van der Waals surface area contributed by atoms with Crippen molar-refractivity contribution < 1.29 is 5.11 Å². The molecule has 0 radical (unpaired) electrons. The maximum atomic E-state index is 9.62. The zero-order chi connectivity index (χ0) is 22.9. The first-order valence-electron chi connectivity index (χ1n) is 11.9. The van der Waals surface area contributed by atoms with Gasteiger partial charge in [-0.2, -0.15) is 0 Å². The van der Waals surface area contributed by atoms with Crippen LogP contribution in [0, 0.1) is 12.8 Å². The molecule has 0 amide bonds. The van der Waals surface area contributed by atoms with Crippen LogP contribution >= 0.6 is 0 Å². The van der Waals surface area contributed by atoms with Crippen LogP contribution in [0.15, 0.2) is 72.8 Å². The molecule has 4 aromatic rings. The molecule has 1 N–H and O–H groups in total. The predicted octanol–water partition coefficient (Wildman–Crippen LogP) is 7.01. The molecule has 168 valence electrons. The summed E-state index contributed by atoms with van der Waals surface area (Å²) in [4.78, 5) is 2.52. The van der Waals surface area contributed by atoms with Gasteiger partial charge in [-0.25, -0.2) is 0 Å². The van der Waals surface area contributed by atoms with E-state index >= 15 is 0 Å². The average molecular weight is 437 g/mol. The number of aromatic nitrogens is 1. The van der Waals surface area contributed by atoms with Gasteiger partial charge in [0, 0.05) is 43.3 Å². The minimum atomic E-state index is 0.323. The second-order valence-electron chi connectivity index (χ2n) is 9.61. The van der Waals surface area contributed by atoms with Crippen LogP contribution in [0.5, 0.6) is 5.75 Å². The lowest BCUT2D eigenvalue weighted by Crippen LogP contribution is -2.30. The SMILES string of the molecule is Cc1cccc(-c2ccc3c(c2)c2c(n3/C=C/C(C)C)CCN(Cc3ccc(O)cc3)C2)c1. The van der Waals surface area contributed by atoms with Crippen molar-refractivity contribution in [3.63, 3.8) is 0 Å². The first-order chi connectivity index (χ1) is 16.0. The maximum absolute atomic E-state index is 9.62. The third-order valence-electron chi connectivity index (χ3n) is 6.58. The highest BCUT2D eigenvalue weighted by Gasteiger charge is 2.24. The van der Waals surface area contributed by atoms with E-state index in [1.54, 1.807) is 12.1 Å². The van der Waals surface area contributed by atoms with Crippen LogP contribution in [0.3, 0.4) is 0 Å². The second-order valence-corrected chi connectivity index (χ2v) is 9.61. The molecule has 1 aliphatic heterocycles. The molecule has 33 heavy (non-hydrogen) atoms. The van der Waals surface area contributed by atoms with Crippen molar-refractivity contribution in [1.29, 1.82) is 0 Å². The molecule has 1 aliphatic rings. The number of aromatic hydroxyl groups is 1. The molecule has 0 saturated carbocycles. The van der Waals surface area contributed by atoms with E-state index in [0.717, 1.165) is 26.1 Å². The molecule has 1 aromatic heterocycles. The number of hydrogen-bond acceptors (Lipinski definition) is 2. The van der Waals surface area contributed by atoms with E-state index in [1.807, 2.05) is 12.1 Å². The fourth-order valence-corrected chi connectivity index (χ4v) is 4.88. The molecule has 0 atom stereocenters. The first kappa shape index (κ1) is 21.5. The zero-order valence-corrected chi connectivity index (χ0v) is 19.8. The Morgan fingerprint density at radius 1 is 0.970 bits per heavy atom. The summed E-state index contributed by atoms with van der Waals surface area (Å²) in [5, 5.41) is 11.0. The molecule has 5 rings (SSSR count). The normalized spacial score (nSPS) is 14.4. The summed E-state index contributed by atoms with van der Waals surface area (Å²) < 4.78 is 2.42. The van der Waals surface area contributed by atoms with Gasteiger partial charge in [-0.1, -0.05) is 68.0 Å². The van der Waals surface area contributed by atoms with Gasteiger partial charge in [0.1, 0.15) is 5.75 Å². The Labute approximate surface area is 196 Å². The molecule has 0 unspecified atom stereocenters. The number of hydrogen-bond donors (Lipinski definition) is 1. The van der Waals surface area contributed by atoms with Crippen LogP contribution in [0.1, 0.15) is 36.2 Å². The smallest absolute Gasteiger partial charge is 0.115 e. The van der Waals surface area contributed by atoms with E-state index in [2.05, 4.69) is 85.0 Å². The van der Waals surface area contributed by atoms with Crippen LogP contribution in [0.2, 0.25) is 0 Å². The quantitative estimate of drug-likeness (QED) is 0.364. The van der Waals surface area contributed by atoms with Crippen molar-refractivity contribution in [3.8, 4) is 16.9 Å². The molecular weight excluding hydrogens is 404 g/mol. The summed E-state index contributed by atoms with van der Waals surface area (Å²) in [6, 6.07) is 23.3. The minimum Gasteiger partial charge on any atom is -0.508 e. The molecule has 3 aromatic carbocycles. The standard InChI is InChI=1S/C30H32N2O/c1-21(2)13-16-32-29-12-9-25(24-6-4-5-22(3)17-24)18-27(29)28-20-31(15-14-30(28)32)19-23-7-10-26(33)11-8-23/h4-13,16-18,21,33H,14-15,19-20H2,1-3H3/b16-13+. The number of phenolic OH excluding ortho intramolecular Hbond substituents is 1. The number of nitrogens with zero attached hydrogens (tertiary/aromatic N) is 2. The molecule has 0 aliphatic carbocycles. The van der Waals surface area contributed by atoms with Crippen molar-refractivity contribution in [2.24, 2.45) is 5.92 Å². The summed E-state index contributed by atoms with van der Waals surface area (Å²) in [5.74, 6) is 0.836. The van der Waals surface area contributed by atoms with E-state index in [0.29, 0.717) is 11.7 Å². The van der Waals surface area contributed by atoms with Crippen LogP contribution in [-0.4, -0.2) is 21.1 Å². The Bertz CT molecular complexity index is 1310. The van der Waals surface area contributed by atoms with Crippen molar-refractivity contribution in [1.82, 2.24) is 9.47 Å². The fraction of sp³-hybridized carbons (Fsp3) is 0.267. The van der Waals surface area contributed by atoms with Crippen LogP contribution in [-0.2, 0) is 19.5 Å². The molecule has 2 heterocycles. The van der Waals surface area contributed by atoms with E-state index in [-0.39, 0.29) is 0 Å². The van der Waals surface area contributed by atoms with Crippen LogP contribution < -0.4 is 0 Å². The summed E-state index contributed by atoms with van der Waals surface area (Å²) in [6.07, 6.45) is 5.59. The Morgan fingerprint density at radius 3 is 2.52 bits per heavy atom. The number of benzene rings is 3. The lowest BCUT2D eigenvalue weighted by molar-refractivity contribution is 0.245. The van der Waals surface area contributed by atoms with Gasteiger partial charge in [-0.05, 0) is 59.4 Å². The zero-order valence-electron chi connectivity index (χ0n) is 19.8. The van der Waals surface area contributed by atoms with Gasteiger partial charge in [0.05, 0.1) is 5.52 Å². The Morgan fingerprint density at radius 2 is 1.76 bits per heavy atom. The van der Waals surface area contributed by atoms with Crippen molar-refractivity contribution in [3.05, 3.63) is 95.2 Å². The second kappa shape index (κ2) is 8.92. The van der Waals surface area contributed by atoms with Gasteiger partial charge >= 0.3 is 0 Å². The molecule has 0 fully saturated rings. The first-order valence-corrected chi connectivity index (χ1v) is 11.9. The minimum absolute atomic E-state index is 0.323. The predicted molar refractivity (Wildman–Crippen MR) is 138 cm³/mol. The number of fused-ring (bicyclic) bond motifs is 3. The highest BCUT2D eigenvalue weighted by molar-refractivity contribution is 5.91. The topological polar surface area (TPSA) is 28.4 Å². The van der Waals surface area contributed by atoms with Gasteiger partial charge < -0.3 is 9.67 Å². The van der Waals surface area contributed by atoms with E-state index < -0.39 is 0 Å². The number of phenols is 1. The van der Waals surface area contributed by atoms with E-state index in [1.165, 1.54) is 44.4 Å². The lowest BCUT2D eigenvalue weighted by Gasteiger charge is -2.28. The highest BCUT2D eigenvalue weighted by Crippen LogP contribution is 2.35. The van der Waals surface area contributed by atoms with Gasteiger partial charge in [-0.3, -0.25) is 4.90 Å². The summed E-state index contributed by atoms with van der Waals surface area (Å²) >= 11 is 0. The van der Waals surface area contributed by atoms with E-state index in [4.69, 9.17) is 0 Å². The van der Waals surface area contributed by atoms with Crippen molar-refractivity contribution >= 4 is 17.1 Å². The van der Waals surface area contributed by atoms with Crippen LogP contribution in [0.4, 0.5) is 0 Å². The summed E-state index contributed by atoms with van der Waals surface area (Å²) in [6.45, 7) is 9.47. The number of rotatable bonds is 5. The Hall–Kier alpha value is -3.30. The van der Waals surface area contributed by atoms with Gasteiger partial charge in [-0.15, -0.1) is 0 Å². The van der Waals surface area contributed by atoms with Gasteiger partial charge in [0.15, 0.2) is 0 Å². The van der Waals surface area contributed by atoms with Crippen molar-refractivity contribution in [2.45, 2.75) is 40.3 Å². The molecule has 0 saturated heterocycles. The summed E-state index contributed by atoms with van der Waals surface area (Å²) in [7, 11) is 0. The van der Waals surface area contributed by atoms with Crippen LogP contribution in [0.25, 0.3) is 28.2 Å². The molecule has 3 nitrogen and oxygen atoms in total. The van der Waals surface area contributed by atoms with Crippen molar-refractivity contribution in [2.75, 3.05) is 6.54 Å². The number of allylic oxidation sites excluding steroid dienone is 1.